The number of hydrogen-bond acceptors (Lipinski definition) is 6. The zero-order chi connectivity index (χ0) is 59.9. The highest BCUT2D eigenvalue weighted by Crippen LogP contribution is 2.16. The fourth-order valence-corrected chi connectivity index (χ4v) is 9.49. The number of hydrogen-bond donors (Lipinski definition) is 0. The fourth-order valence-electron chi connectivity index (χ4n) is 9.49. The average Bonchev–Trinajstić information content (AvgIpc) is 3.49. The third kappa shape index (κ3) is 68.2. The Bertz CT molecular complexity index is 1750. The van der Waals surface area contributed by atoms with Gasteiger partial charge in [-0.05, 0) is 135 Å². The summed E-state index contributed by atoms with van der Waals surface area (Å²) < 4.78 is 17.0. The summed E-state index contributed by atoms with van der Waals surface area (Å²) in [5.41, 5.74) is 0. The van der Waals surface area contributed by atoms with Gasteiger partial charge in [-0.2, -0.15) is 0 Å². The molecule has 0 N–H and O–H groups in total. The quantitative estimate of drug-likeness (QED) is 0.0261. The van der Waals surface area contributed by atoms with Crippen LogP contribution >= 0.6 is 0 Å². The Morgan fingerprint density at radius 1 is 0.253 bits per heavy atom. The van der Waals surface area contributed by atoms with Gasteiger partial charge in [0.2, 0.25) is 0 Å². The Morgan fingerprint density at radius 2 is 0.470 bits per heavy atom. The van der Waals surface area contributed by atoms with E-state index in [0.29, 0.717) is 19.3 Å². The molecule has 1 unspecified atom stereocenters. The van der Waals surface area contributed by atoms with E-state index < -0.39 is 6.10 Å². The first-order chi connectivity index (χ1) is 41.0. The van der Waals surface area contributed by atoms with Crippen molar-refractivity contribution in [2.24, 2.45) is 0 Å². The summed E-state index contributed by atoms with van der Waals surface area (Å²) in [4.78, 5) is 38.5. The monoisotopic (exact) mass is 1150 g/mol. The SMILES string of the molecule is CC/C=C\C/C=C\C/C=C\C/C=C\C/C=C\CCCCCCCCCCCCCC(=O)OCC(COC(=O)CCCCCCCCC/C=C\CCCCCCCC)OC(=O)CCCCCCC/C=C\C/C=C\C/C=C\C/C=C\C/C=C\CC. The molecule has 0 aliphatic heterocycles. The smallest absolute Gasteiger partial charge is 0.306 e. The van der Waals surface area contributed by atoms with Crippen molar-refractivity contribution >= 4 is 17.9 Å². The van der Waals surface area contributed by atoms with E-state index in [-0.39, 0.29) is 31.1 Å². The van der Waals surface area contributed by atoms with Crippen LogP contribution in [-0.4, -0.2) is 37.2 Å². The molecule has 0 saturated heterocycles. The molecule has 0 aliphatic rings. The highest BCUT2D eigenvalue weighted by Gasteiger charge is 2.19. The van der Waals surface area contributed by atoms with Gasteiger partial charge in [-0.15, -0.1) is 0 Å². The zero-order valence-electron chi connectivity index (χ0n) is 54.2. The molecule has 0 aliphatic carbocycles. The summed E-state index contributed by atoms with van der Waals surface area (Å²) >= 11 is 0. The van der Waals surface area contributed by atoms with Crippen LogP contribution in [-0.2, 0) is 28.6 Å². The lowest BCUT2D eigenvalue weighted by molar-refractivity contribution is -0.167. The molecular formula is C77H128O6. The van der Waals surface area contributed by atoms with Crippen LogP contribution in [0.5, 0.6) is 0 Å². The van der Waals surface area contributed by atoms with E-state index in [4.69, 9.17) is 14.2 Å². The van der Waals surface area contributed by atoms with Gasteiger partial charge in [0.05, 0.1) is 0 Å². The molecule has 0 saturated carbocycles. The minimum Gasteiger partial charge on any atom is -0.462 e. The van der Waals surface area contributed by atoms with E-state index in [1.165, 1.54) is 135 Å². The molecule has 1 atom stereocenters. The van der Waals surface area contributed by atoms with Gasteiger partial charge >= 0.3 is 17.9 Å². The van der Waals surface area contributed by atoms with Crippen LogP contribution in [0.25, 0.3) is 0 Å². The van der Waals surface area contributed by atoms with Gasteiger partial charge in [0.25, 0.3) is 0 Å². The summed E-state index contributed by atoms with van der Waals surface area (Å²) in [5.74, 6) is -0.909. The van der Waals surface area contributed by atoms with Gasteiger partial charge in [0.1, 0.15) is 13.2 Å². The maximum atomic E-state index is 13.0. The van der Waals surface area contributed by atoms with Crippen molar-refractivity contribution in [3.63, 3.8) is 0 Å². The van der Waals surface area contributed by atoms with Crippen molar-refractivity contribution in [3.8, 4) is 0 Å². The Morgan fingerprint density at radius 3 is 0.747 bits per heavy atom. The molecular weight excluding hydrogens is 1020 g/mol. The molecule has 6 heteroatoms. The van der Waals surface area contributed by atoms with Crippen molar-refractivity contribution in [1.29, 1.82) is 0 Å². The molecule has 0 spiro atoms. The van der Waals surface area contributed by atoms with Crippen LogP contribution in [0.2, 0.25) is 0 Å². The Labute approximate surface area is 513 Å². The van der Waals surface area contributed by atoms with Gasteiger partial charge in [-0.1, -0.05) is 296 Å². The molecule has 0 aromatic heterocycles. The van der Waals surface area contributed by atoms with Gasteiger partial charge in [-0.3, -0.25) is 14.4 Å². The molecule has 0 aromatic carbocycles. The molecule has 0 bridgehead atoms. The van der Waals surface area contributed by atoms with Crippen LogP contribution in [0.15, 0.2) is 134 Å². The van der Waals surface area contributed by atoms with Crippen molar-refractivity contribution in [1.82, 2.24) is 0 Å². The third-order valence-corrected chi connectivity index (χ3v) is 14.6. The second kappa shape index (κ2) is 70.0. The normalized spacial score (nSPS) is 13.0. The second-order valence-electron chi connectivity index (χ2n) is 22.7. The first-order valence-corrected chi connectivity index (χ1v) is 34.7. The molecule has 0 fully saturated rings. The highest BCUT2D eigenvalue weighted by atomic mass is 16.6. The van der Waals surface area contributed by atoms with Crippen molar-refractivity contribution < 1.29 is 28.6 Å². The van der Waals surface area contributed by atoms with Crippen molar-refractivity contribution in [3.05, 3.63) is 134 Å². The van der Waals surface area contributed by atoms with Crippen LogP contribution in [0.1, 0.15) is 316 Å². The summed E-state index contributed by atoms with van der Waals surface area (Å²) in [7, 11) is 0. The van der Waals surface area contributed by atoms with Crippen LogP contribution < -0.4 is 0 Å². The van der Waals surface area contributed by atoms with Crippen molar-refractivity contribution in [2.75, 3.05) is 13.2 Å². The minimum absolute atomic E-state index is 0.0911. The first-order valence-electron chi connectivity index (χ1n) is 34.7. The predicted octanol–water partition coefficient (Wildman–Crippen LogP) is 24.1. The Hall–Kier alpha value is -4.45. The van der Waals surface area contributed by atoms with E-state index in [1.807, 2.05) is 0 Å². The lowest BCUT2D eigenvalue weighted by Crippen LogP contribution is -2.30. The maximum Gasteiger partial charge on any atom is 0.306 e. The van der Waals surface area contributed by atoms with Crippen LogP contribution in [0.4, 0.5) is 0 Å². The van der Waals surface area contributed by atoms with Crippen molar-refractivity contribution in [2.45, 2.75) is 322 Å². The molecule has 0 rings (SSSR count). The standard InChI is InChI=1S/C77H128O6/c1-4-7-10-13-16-19-22-25-28-31-33-35-36-37-38-39-40-42-43-46-49-52-55-58-61-64-67-70-76(79)82-73-74(72-81-75(78)69-66-63-60-57-54-51-48-45-30-27-24-21-18-15-12-9-6-3)83-77(80)71-68-65-62-59-56-53-50-47-44-41-34-32-29-26-23-20-17-14-11-8-5-2/h7-8,10-11,16-17,19-20,25-30,33-35,37-38,41,47,50,74H,4-6,9,12-15,18,21-24,31-32,36,39-40,42-46,48-49,51-73H2,1-3H3/b10-7-,11-8-,19-16-,20-17-,28-25-,29-26-,30-27-,35-33-,38-37-,41-34-,50-47-. The number of allylic oxidation sites excluding steroid dienone is 22. The largest absolute Gasteiger partial charge is 0.462 e. The van der Waals surface area contributed by atoms with Crippen LogP contribution in [0.3, 0.4) is 0 Å². The molecule has 0 aromatic rings. The number of esters is 3. The molecule has 472 valence electrons. The molecule has 83 heavy (non-hydrogen) atoms. The molecule has 6 nitrogen and oxygen atoms in total. The van der Waals surface area contributed by atoms with Gasteiger partial charge < -0.3 is 14.2 Å². The second-order valence-corrected chi connectivity index (χ2v) is 22.7. The highest BCUT2D eigenvalue weighted by molar-refractivity contribution is 5.71. The van der Waals surface area contributed by atoms with E-state index in [2.05, 4.69) is 154 Å². The van der Waals surface area contributed by atoms with E-state index in [1.54, 1.807) is 0 Å². The minimum atomic E-state index is -0.798. The third-order valence-electron chi connectivity index (χ3n) is 14.6. The number of ether oxygens (including phenoxy) is 3. The lowest BCUT2D eigenvalue weighted by atomic mass is 10.0. The Kier molecular flexibility index (Phi) is 66.3. The fraction of sp³-hybridized carbons (Fsp3) is 0.675. The summed E-state index contributed by atoms with van der Waals surface area (Å²) in [6.07, 6.45) is 98.9. The summed E-state index contributed by atoms with van der Waals surface area (Å²) in [6.45, 7) is 6.41. The van der Waals surface area contributed by atoms with E-state index in [9.17, 15) is 14.4 Å². The maximum absolute atomic E-state index is 13.0. The van der Waals surface area contributed by atoms with Gasteiger partial charge in [0.15, 0.2) is 6.10 Å². The predicted molar refractivity (Wildman–Crippen MR) is 362 cm³/mol. The molecule has 0 heterocycles. The number of carbonyl (C=O) groups excluding carboxylic acids is 3. The zero-order valence-corrected chi connectivity index (χ0v) is 54.2. The molecule has 0 radical (unpaired) electrons. The topological polar surface area (TPSA) is 78.9 Å². The number of unbranched alkanes of at least 4 members (excludes halogenated alkanes) is 29. The van der Waals surface area contributed by atoms with Crippen LogP contribution in [0, 0.1) is 0 Å². The summed E-state index contributed by atoms with van der Waals surface area (Å²) in [6, 6.07) is 0. The first kappa shape index (κ1) is 78.5. The van der Waals surface area contributed by atoms with E-state index >= 15 is 0 Å². The average molecular weight is 1150 g/mol. The molecule has 0 amide bonds. The lowest BCUT2D eigenvalue weighted by Gasteiger charge is -2.18. The van der Waals surface area contributed by atoms with Gasteiger partial charge in [0, 0.05) is 19.3 Å². The number of carbonyl (C=O) groups is 3. The van der Waals surface area contributed by atoms with E-state index in [0.717, 1.165) is 141 Å². The Balaban J connectivity index is 4.41. The van der Waals surface area contributed by atoms with Gasteiger partial charge in [-0.25, -0.2) is 0 Å². The summed E-state index contributed by atoms with van der Waals surface area (Å²) in [5, 5.41) is 0. The number of rotatable bonds is 62.